The Morgan fingerprint density at radius 2 is 1.83 bits per heavy atom. The molecule has 1 aromatic carbocycles. The van der Waals surface area contributed by atoms with Crippen LogP contribution in [0.2, 0.25) is 0 Å². The van der Waals surface area contributed by atoms with Crippen molar-refractivity contribution in [3.63, 3.8) is 0 Å². The van der Waals surface area contributed by atoms with Gasteiger partial charge in [-0.2, -0.15) is 0 Å². The first-order valence-corrected chi connectivity index (χ1v) is 6.19. The van der Waals surface area contributed by atoms with E-state index in [9.17, 15) is 9.90 Å². The summed E-state index contributed by atoms with van der Waals surface area (Å²) in [5, 5.41) is 10.8. The maximum atomic E-state index is 11.2. The molecule has 5 heteroatoms. The average Bonchev–Trinajstić information content (AvgIpc) is 2.96. The van der Waals surface area contributed by atoms with E-state index in [0.29, 0.717) is 16.7 Å². The Labute approximate surface area is 110 Å². The predicted octanol–water partition coefficient (Wildman–Crippen LogP) is 4.13. The number of hydrogen-bond acceptors (Lipinski definition) is 3. The van der Waals surface area contributed by atoms with E-state index >= 15 is 0 Å². The molecule has 0 aliphatic heterocycles. The summed E-state index contributed by atoms with van der Waals surface area (Å²) in [4.78, 5) is 11.2. The second kappa shape index (κ2) is 3.88. The van der Waals surface area contributed by atoms with Crippen molar-refractivity contribution in [3.05, 3.63) is 34.7 Å². The second-order valence-electron chi connectivity index (χ2n) is 4.11. The van der Waals surface area contributed by atoms with E-state index in [2.05, 4.69) is 15.9 Å². The lowest BCUT2D eigenvalue weighted by Crippen LogP contribution is -2.08. The fourth-order valence-corrected chi connectivity index (χ4v) is 2.80. The Bertz CT molecular complexity index is 701. The molecule has 2 heterocycles. The number of benzene rings is 1. The van der Waals surface area contributed by atoms with E-state index in [0.717, 1.165) is 15.2 Å². The molecule has 1 atom stereocenters. The number of furan rings is 2. The Hall–Kier alpha value is -1.75. The largest absolute Gasteiger partial charge is 0.481 e. The van der Waals surface area contributed by atoms with Gasteiger partial charge in [0.1, 0.15) is 11.2 Å². The lowest BCUT2D eigenvalue weighted by molar-refractivity contribution is -0.138. The van der Waals surface area contributed by atoms with Crippen LogP contribution in [0.4, 0.5) is 0 Å². The number of aliphatic carboxylic acids is 1. The van der Waals surface area contributed by atoms with Crippen LogP contribution < -0.4 is 0 Å². The lowest BCUT2D eigenvalue weighted by Gasteiger charge is -2.09. The predicted molar refractivity (Wildman–Crippen MR) is 69.7 cm³/mol. The molecule has 0 bridgehead atoms. The molecule has 0 amide bonds. The molecule has 3 rings (SSSR count). The molecule has 0 spiro atoms. The molecule has 3 aromatic rings. The monoisotopic (exact) mass is 308 g/mol. The summed E-state index contributed by atoms with van der Waals surface area (Å²) in [6, 6.07) is 3.55. The third-order valence-electron chi connectivity index (χ3n) is 3.10. The molecule has 4 nitrogen and oxygen atoms in total. The normalized spacial score (nSPS) is 13.2. The maximum Gasteiger partial charge on any atom is 0.310 e. The van der Waals surface area contributed by atoms with Gasteiger partial charge in [0.2, 0.25) is 0 Å². The summed E-state index contributed by atoms with van der Waals surface area (Å²) in [6.07, 6.45) is 3.10. The van der Waals surface area contributed by atoms with E-state index in [-0.39, 0.29) is 0 Å². The van der Waals surface area contributed by atoms with Crippen molar-refractivity contribution in [2.24, 2.45) is 0 Å². The molecule has 18 heavy (non-hydrogen) atoms. The molecular weight excluding hydrogens is 300 g/mol. The van der Waals surface area contributed by atoms with Crippen LogP contribution in [-0.4, -0.2) is 11.1 Å². The lowest BCUT2D eigenvalue weighted by atomic mass is 9.96. The molecule has 0 saturated heterocycles. The third-order valence-corrected chi connectivity index (χ3v) is 3.89. The van der Waals surface area contributed by atoms with Crippen molar-refractivity contribution >= 4 is 43.8 Å². The fourth-order valence-electron chi connectivity index (χ4n) is 2.18. The highest BCUT2D eigenvalue weighted by Crippen LogP contribution is 2.40. The maximum absolute atomic E-state index is 11.2. The summed E-state index contributed by atoms with van der Waals surface area (Å²) in [5.41, 5.74) is 1.88. The zero-order valence-electron chi connectivity index (χ0n) is 9.44. The minimum Gasteiger partial charge on any atom is -0.481 e. The van der Waals surface area contributed by atoms with Gasteiger partial charge in [0.25, 0.3) is 0 Å². The first-order valence-electron chi connectivity index (χ1n) is 5.40. The third kappa shape index (κ3) is 1.40. The topological polar surface area (TPSA) is 63.6 Å². The molecule has 0 saturated carbocycles. The SMILES string of the molecule is CC(C(=O)O)c1c2ccoc2c(Br)c2ccoc12. The van der Waals surface area contributed by atoms with Crippen molar-refractivity contribution in [1.82, 2.24) is 0 Å². The van der Waals surface area contributed by atoms with Gasteiger partial charge in [-0.1, -0.05) is 0 Å². The number of rotatable bonds is 2. The van der Waals surface area contributed by atoms with E-state index in [1.807, 2.05) is 0 Å². The van der Waals surface area contributed by atoms with Crippen molar-refractivity contribution in [1.29, 1.82) is 0 Å². The van der Waals surface area contributed by atoms with Gasteiger partial charge < -0.3 is 13.9 Å². The molecule has 0 aliphatic carbocycles. The zero-order valence-corrected chi connectivity index (χ0v) is 11.0. The van der Waals surface area contributed by atoms with Gasteiger partial charge in [-0.3, -0.25) is 4.79 Å². The van der Waals surface area contributed by atoms with Crippen LogP contribution >= 0.6 is 15.9 Å². The molecule has 0 aliphatic rings. The highest BCUT2D eigenvalue weighted by Gasteiger charge is 2.24. The molecule has 1 N–H and O–H groups in total. The van der Waals surface area contributed by atoms with Crippen LogP contribution in [0.15, 0.2) is 38.0 Å². The van der Waals surface area contributed by atoms with Crippen LogP contribution in [0.3, 0.4) is 0 Å². The number of carbonyl (C=O) groups is 1. The van der Waals surface area contributed by atoms with Gasteiger partial charge >= 0.3 is 5.97 Å². The number of halogens is 1. The first kappa shape index (κ1) is 11.3. The highest BCUT2D eigenvalue weighted by atomic mass is 79.9. The number of hydrogen-bond donors (Lipinski definition) is 1. The standard InChI is InChI=1S/C13H9BrO4/c1-6(13(15)16)9-7-2-4-18-12(7)10(14)8-3-5-17-11(8)9/h2-6H,1H3,(H,15,16). The second-order valence-corrected chi connectivity index (χ2v) is 4.91. The molecule has 92 valence electrons. The minimum absolute atomic E-state index is 0.589. The Morgan fingerprint density at radius 1 is 1.22 bits per heavy atom. The van der Waals surface area contributed by atoms with Gasteiger partial charge in [-0.25, -0.2) is 0 Å². The van der Waals surface area contributed by atoms with Gasteiger partial charge in [0.05, 0.1) is 22.9 Å². The number of carboxylic acids is 1. The van der Waals surface area contributed by atoms with E-state index in [4.69, 9.17) is 8.83 Å². The summed E-state index contributed by atoms with van der Waals surface area (Å²) >= 11 is 3.46. The smallest absolute Gasteiger partial charge is 0.310 e. The van der Waals surface area contributed by atoms with Crippen molar-refractivity contribution in [2.75, 3.05) is 0 Å². The van der Waals surface area contributed by atoms with Gasteiger partial charge in [0, 0.05) is 16.3 Å². The molecule has 2 aromatic heterocycles. The van der Waals surface area contributed by atoms with Crippen LogP contribution in [0.5, 0.6) is 0 Å². The highest BCUT2D eigenvalue weighted by molar-refractivity contribution is 9.10. The average molecular weight is 309 g/mol. The fraction of sp³-hybridized carbons (Fsp3) is 0.154. The van der Waals surface area contributed by atoms with E-state index in [1.165, 1.54) is 0 Å². The van der Waals surface area contributed by atoms with Crippen LogP contribution in [0.25, 0.3) is 21.9 Å². The minimum atomic E-state index is -0.891. The van der Waals surface area contributed by atoms with E-state index < -0.39 is 11.9 Å². The van der Waals surface area contributed by atoms with Crippen LogP contribution in [0.1, 0.15) is 18.4 Å². The van der Waals surface area contributed by atoms with Crippen molar-refractivity contribution in [2.45, 2.75) is 12.8 Å². The summed E-state index contributed by atoms with van der Waals surface area (Å²) in [7, 11) is 0. The molecule has 0 fully saturated rings. The number of fused-ring (bicyclic) bond motifs is 2. The Kier molecular flexibility index (Phi) is 2.45. The van der Waals surface area contributed by atoms with Gasteiger partial charge in [0.15, 0.2) is 0 Å². The summed E-state index contributed by atoms with van der Waals surface area (Å²) < 4.78 is 11.6. The summed E-state index contributed by atoms with van der Waals surface area (Å²) in [6.45, 7) is 1.64. The first-order chi connectivity index (χ1) is 8.61. The van der Waals surface area contributed by atoms with Gasteiger partial charge in [-0.05, 0) is 35.0 Å². The zero-order chi connectivity index (χ0) is 12.9. The molecule has 1 unspecified atom stereocenters. The van der Waals surface area contributed by atoms with Crippen LogP contribution in [0, 0.1) is 0 Å². The quantitative estimate of drug-likeness (QED) is 0.773. The van der Waals surface area contributed by atoms with Crippen molar-refractivity contribution < 1.29 is 18.7 Å². The Balaban J connectivity index is 2.51. The van der Waals surface area contributed by atoms with Gasteiger partial charge in [-0.15, -0.1) is 0 Å². The van der Waals surface area contributed by atoms with Crippen LogP contribution in [-0.2, 0) is 4.79 Å². The number of carboxylic acid groups (broad SMARTS) is 1. The van der Waals surface area contributed by atoms with Crippen molar-refractivity contribution in [3.8, 4) is 0 Å². The molecular formula is C13H9BrO4. The van der Waals surface area contributed by atoms with E-state index in [1.54, 1.807) is 31.6 Å². The molecule has 0 radical (unpaired) electrons. The summed E-state index contributed by atoms with van der Waals surface area (Å²) in [5.74, 6) is -1.55. The Morgan fingerprint density at radius 3 is 2.50 bits per heavy atom.